The first kappa shape index (κ1) is 28.1. The first-order valence-electron chi connectivity index (χ1n) is 9.75. The second-order valence-corrected chi connectivity index (χ2v) is 5.53. The molecule has 0 unspecified atom stereocenters. The molecule has 2 nitrogen and oxygen atoms in total. The van der Waals surface area contributed by atoms with Crippen molar-refractivity contribution in [2.24, 2.45) is 11.7 Å². The molecular weight excluding hydrogens is 304 g/mol. The predicted molar refractivity (Wildman–Crippen MR) is 118 cm³/mol. The van der Waals surface area contributed by atoms with Crippen LogP contribution in [0.4, 0.5) is 0 Å². The first-order chi connectivity index (χ1) is 11.9. The van der Waals surface area contributed by atoms with E-state index in [0.717, 1.165) is 37.1 Å². The van der Waals surface area contributed by atoms with Crippen molar-refractivity contribution in [3.8, 4) is 0 Å². The molecule has 0 amide bonds. The molecule has 0 spiro atoms. The molecule has 0 aromatic rings. The van der Waals surface area contributed by atoms with Crippen molar-refractivity contribution in [3.63, 3.8) is 0 Å². The fraction of sp³-hybridized carbons (Fsp3) is 0.565. The maximum absolute atomic E-state index is 6.31. The Morgan fingerprint density at radius 1 is 1.00 bits per heavy atom. The van der Waals surface area contributed by atoms with Gasteiger partial charge in [-0.1, -0.05) is 60.3 Å². The van der Waals surface area contributed by atoms with Gasteiger partial charge in [-0.05, 0) is 68.9 Å². The Morgan fingerprint density at radius 2 is 1.48 bits per heavy atom. The Balaban J connectivity index is -0.000000701. The fourth-order valence-corrected chi connectivity index (χ4v) is 2.16. The third-order valence-electron chi connectivity index (χ3n) is 3.87. The number of nitrogens with one attached hydrogen (secondary N) is 1. The highest BCUT2D eigenvalue weighted by molar-refractivity contribution is 5.36. The molecule has 0 aromatic carbocycles. The molecular formula is C23H44N2. The number of hydrogen-bond acceptors (Lipinski definition) is 2. The van der Waals surface area contributed by atoms with Gasteiger partial charge in [-0.25, -0.2) is 0 Å². The van der Waals surface area contributed by atoms with Crippen LogP contribution in [0.5, 0.6) is 0 Å². The lowest BCUT2D eigenvalue weighted by Crippen LogP contribution is -2.13. The van der Waals surface area contributed by atoms with Crippen LogP contribution in [-0.2, 0) is 0 Å². The quantitative estimate of drug-likeness (QED) is 0.340. The lowest BCUT2D eigenvalue weighted by Gasteiger charge is -2.17. The van der Waals surface area contributed by atoms with Gasteiger partial charge < -0.3 is 11.1 Å². The monoisotopic (exact) mass is 348 g/mol. The molecule has 0 heterocycles. The molecule has 3 N–H and O–H groups in total. The highest BCUT2D eigenvalue weighted by Gasteiger charge is 2.11. The summed E-state index contributed by atoms with van der Waals surface area (Å²) in [6.45, 7) is 23.9. The van der Waals surface area contributed by atoms with Crippen LogP contribution in [0.2, 0.25) is 0 Å². The van der Waals surface area contributed by atoms with E-state index in [0.29, 0.717) is 5.92 Å². The summed E-state index contributed by atoms with van der Waals surface area (Å²) in [7, 11) is 0. The van der Waals surface area contributed by atoms with E-state index in [-0.39, 0.29) is 0 Å². The molecule has 2 heteroatoms. The number of nitrogens with two attached hydrogens (primary N) is 1. The van der Waals surface area contributed by atoms with Gasteiger partial charge in [0.1, 0.15) is 0 Å². The highest BCUT2D eigenvalue weighted by Crippen LogP contribution is 2.23. The summed E-state index contributed by atoms with van der Waals surface area (Å²) in [5.74, 6) is 0.492. The smallest absolute Gasteiger partial charge is 0.0144 e. The molecule has 0 fully saturated rings. The third-order valence-corrected chi connectivity index (χ3v) is 3.87. The molecule has 0 saturated carbocycles. The number of rotatable bonds is 9. The fourth-order valence-electron chi connectivity index (χ4n) is 2.16. The van der Waals surface area contributed by atoms with Crippen LogP contribution < -0.4 is 11.1 Å². The van der Waals surface area contributed by atoms with E-state index in [4.69, 9.17) is 5.73 Å². The molecule has 0 atom stereocenters. The van der Waals surface area contributed by atoms with Crippen LogP contribution in [-0.4, -0.2) is 0 Å². The Kier molecular flexibility index (Phi) is 22.9. The Labute approximate surface area is 158 Å². The van der Waals surface area contributed by atoms with E-state index in [1.807, 2.05) is 26.8 Å². The van der Waals surface area contributed by atoms with Crippen LogP contribution in [0.15, 0.2) is 60.1 Å². The van der Waals surface area contributed by atoms with Crippen molar-refractivity contribution in [3.05, 3.63) is 60.1 Å². The van der Waals surface area contributed by atoms with E-state index in [1.165, 1.54) is 11.1 Å². The summed E-state index contributed by atoms with van der Waals surface area (Å²) in [4.78, 5) is 0. The second-order valence-electron chi connectivity index (χ2n) is 5.53. The number of allylic oxidation sites excluding steroid dienone is 7. The van der Waals surface area contributed by atoms with Gasteiger partial charge in [0, 0.05) is 11.4 Å². The minimum absolute atomic E-state index is 0.492. The van der Waals surface area contributed by atoms with E-state index >= 15 is 0 Å². The summed E-state index contributed by atoms with van der Waals surface area (Å²) >= 11 is 0. The molecule has 0 aliphatic heterocycles. The standard InChI is InChI=1S/C17H30N2.C4H8.C2H6/c1-7-15(8-2)17(18)14(6)16(9-3)12-11-13(5)19-10-4;1-3-4-2;1-2/h10-12,15,19H,4,7-9,18H2,1-3,5-6H3;3H,1,4H2,2H3;1-2H3/b13-11+,16-12+,17-14-;;. The van der Waals surface area contributed by atoms with Gasteiger partial charge in [-0.15, -0.1) is 6.58 Å². The van der Waals surface area contributed by atoms with Crippen molar-refractivity contribution in [2.45, 2.75) is 81.1 Å². The third kappa shape index (κ3) is 14.4. The maximum atomic E-state index is 6.31. The van der Waals surface area contributed by atoms with E-state index in [2.05, 4.69) is 65.2 Å². The van der Waals surface area contributed by atoms with Gasteiger partial charge in [0.25, 0.3) is 0 Å². The topological polar surface area (TPSA) is 38.0 Å². The molecule has 0 aliphatic rings. The average Bonchev–Trinajstić information content (AvgIpc) is 2.65. The average molecular weight is 349 g/mol. The van der Waals surface area contributed by atoms with Crippen molar-refractivity contribution >= 4 is 0 Å². The lowest BCUT2D eigenvalue weighted by atomic mass is 9.92. The number of hydrogen-bond donors (Lipinski definition) is 2. The minimum Gasteiger partial charge on any atom is -0.402 e. The second kappa shape index (κ2) is 20.3. The summed E-state index contributed by atoms with van der Waals surface area (Å²) in [6, 6.07) is 0. The molecule has 0 aromatic heterocycles. The largest absolute Gasteiger partial charge is 0.402 e. The zero-order chi connectivity index (χ0) is 20.3. The van der Waals surface area contributed by atoms with Gasteiger partial charge in [0.2, 0.25) is 0 Å². The van der Waals surface area contributed by atoms with Gasteiger partial charge in [0.15, 0.2) is 0 Å². The van der Waals surface area contributed by atoms with Crippen molar-refractivity contribution < 1.29 is 0 Å². The zero-order valence-corrected chi connectivity index (χ0v) is 18.2. The van der Waals surface area contributed by atoms with Crippen LogP contribution in [0.1, 0.15) is 81.1 Å². The van der Waals surface area contributed by atoms with Crippen LogP contribution in [0.3, 0.4) is 0 Å². The normalized spacial score (nSPS) is 12.2. The molecule has 0 radical (unpaired) electrons. The SMILES string of the molecule is C=CCC.C=CN/C(C)=C/C=C(CC)/C(C)=C(\N)C(CC)CC.CC. The Hall–Kier alpha value is -1.70. The summed E-state index contributed by atoms with van der Waals surface area (Å²) in [6.07, 6.45) is 12.1. The van der Waals surface area contributed by atoms with Gasteiger partial charge in [-0.3, -0.25) is 0 Å². The predicted octanol–water partition coefficient (Wildman–Crippen LogP) is 7.24. The van der Waals surface area contributed by atoms with Crippen molar-refractivity contribution in [1.29, 1.82) is 0 Å². The maximum Gasteiger partial charge on any atom is 0.0144 e. The van der Waals surface area contributed by atoms with Gasteiger partial charge in [0.05, 0.1) is 0 Å². The van der Waals surface area contributed by atoms with Gasteiger partial charge >= 0.3 is 0 Å². The van der Waals surface area contributed by atoms with E-state index in [1.54, 1.807) is 6.20 Å². The minimum atomic E-state index is 0.492. The van der Waals surface area contributed by atoms with Crippen LogP contribution in [0, 0.1) is 5.92 Å². The van der Waals surface area contributed by atoms with E-state index in [9.17, 15) is 0 Å². The van der Waals surface area contributed by atoms with E-state index < -0.39 is 0 Å². The Morgan fingerprint density at radius 3 is 1.80 bits per heavy atom. The van der Waals surface area contributed by atoms with Crippen molar-refractivity contribution in [1.82, 2.24) is 5.32 Å². The van der Waals surface area contributed by atoms with Crippen molar-refractivity contribution in [2.75, 3.05) is 0 Å². The van der Waals surface area contributed by atoms with Crippen LogP contribution in [0.25, 0.3) is 0 Å². The molecule has 0 saturated heterocycles. The molecule has 0 aliphatic carbocycles. The lowest BCUT2D eigenvalue weighted by molar-refractivity contribution is 0.561. The first-order valence-corrected chi connectivity index (χ1v) is 9.75. The molecule has 0 rings (SSSR count). The summed E-state index contributed by atoms with van der Waals surface area (Å²) in [5.41, 5.74) is 11.0. The zero-order valence-electron chi connectivity index (χ0n) is 18.2. The highest BCUT2D eigenvalue weighted by atomic mass is 14.8. The molecule has 146 valence electrons. The summed E-state index contributed by atoms with van der Waals surface area (Å²) in [5, 5.41) is 3.07. The van der Waals surface area contributed by atoms with Gasteiger partial charge in [-0.2, -0.15) is 0 Å². The molecule has 0 bridgehead atoms. The van der Waals surface area contributed by atoms with Crippen LogP contribution >= 0.6 is 0 Å². The summed E-state index contributed by atoms with van der Waals surface area (Å²) < 4.78 is 0. The molecule has 25 heavy (non-hydrogen) atoms. The Bertz CT molecular complexity index is 421.